The monoisotopic (exact) mass is 199 g/mol. The fourth-order valence-corrected chi connectivity index (χ4v) is 0.909. The van der Waals surface area contributed by atoms with Crippen molar-refractivity contribution in [2.75, 3.05) is 0 Å². The SMILES string of the molecule is CC(C)[C@@H](C)NC(=O)C(C)C(C)(C)C. The molecule has 14 heavy (non-hydrogen) atoms. The van der Waals surface area contributed by atoms with E-state index in [4.69, 9.17) is 0 Å². The zero-order valence-corrected chi connectivity index (χ0v) is 10.6. The van der Waals surface area contributed by atoms with Gasteiger partial charge in [0.2, 0.25) is 5.91 Å². The highest BCUT2D eigenvalue weighted by Gasteiger charge is 2.27. The van der Waals surface area contributed by atoms with Gasteiger partial charge in [-0.1, -0.05) is 41.5 Å². The average Bonchev–Trinajstić information content (AvgIpc) is 2.00. The molecule has 2 heteroatoms. The lowest BCUT2D eigenvalue weighted by Gasteiger charge is -2.28. The topological polar surface area (TPSA) is 29.1 Å². The summed E-state index contributed by atoms with van der Waals surface area (Å²) in [5.74, 6) is 0.716. The van der Waals surface area contributed by atoms with E-state index < -0.39 is 0 Å². The third-order valence-corrected chi connectivity index (χ3v) is 3.06. The average molecular weight is 199 g/mol. The van der Waals surface area contributed by atoms with E-state index in [9.17, 15) is 4.79 Å². The molecule has 0 aliphatic rings. The van der Waals surface area contributed by atoms with Gasteiger partial charge in [0.15, 0.2) is 0 Å². The van der Waals surface area contributed by atoms with E-state index in [0.717, 1.165) is 0 Å². The highest BCUT2D eigenvalue weighted by molar-refractivity contribution is 5.79. The lowest BCUT2D eigenvalue weighted by Crippen LogP contribution is -2.42. The molecular formula is C12H25NO. The fraction of sp³-hybridized carbons (Fsp3) is 0.917. The van der Waals surface area contributed by atoms with Gasteiger partial charge >= 0.3 is 0 Å². The molecule has 0 fully saturated rings. The van der Waals surface area contributed by atoms with Crippen LogP contribution in [-0.2, 0) is 4.79 Å². The molecule has 2 nitrogen and oxygen atoms in total. The highest BCUT2D eigenvalue weighted by atomic mass is 16.1. The van der Waals surface area contributed by atoms with Crippen LogP contribution in [0.4, 0.5) is 0 Å². The number of amides is 1. The van der Waals surface area contributed by atoms with Crippen LogP contribution in [0, 0.1) is 17.3 Å². The predicted molar refractivity (Wildman–Crippen MR) is 61.1 cm³/mol. The van der Waals surface area contributed by atoms with Gasteiger partial charge in [-0.25, -0.2) is 0 Å². The third kappa shape index (κ3) is 4.12. The van der Waals surface area contributed by atoms with E-state index in [1.165, 1.54) is 0 Å². The summed E-state index contributed by atoms with van der Waals surface area (Å²) < 4.78 is 0. The molecule has 84 valence electrons. The molecule has 0 radical (unpaired) electrons. The van der Waals surface area contributed by atoms with Crippen LogP contribution in [0.5, 0.6) is 0 Å². The minimum Gasteiger partial charge on any atom is -0.353 e. The Kier molecular flexibility index (Phi) is 4.63. The van der Waals surface area contributed by atoms with Gasteiger partial charge in [-0.3, -0.25) is 4.79 Å². The lowest BCUT2D eigenvalue weighted by atomic mass is 9.81. The largest absolute Gasteiger partial charge is 0.353 e. The van der Waals surface area contributed by atoms with E-state index >= 15 is 0 Å². The summed E-state index contributed by atoms with van der Waals surface area (Å²) in [6.07, 6.45) is 0. The molecule has 0 aliphatic carbocycles. The minimum absolute atomic E-state index is 0.0424. The number of nitrogens with one attached hydrogen (secondary N) is 1. The van der Waals surface area contributed by atoms with Gasteiger partial charge in [-0.15, -0.1) is 0 Å². The van der Waals surface area contributed by atoms with Gasteiger partial charge in [-0.2, -0.15) is 0 Å². The molecule has 2 atom stereocenters. The van der Waals surface area contributed by atoms with E-state index in [1.807, 2.05) is 6.92 Å². The fourth-order valence-electron chi connectivity index (χ4n) is 0.909. The van der Waals surface area contributed by atoms with Crippen molar-refractivity contribution >= 4 is 5.91 Å². The molecule has 0 rings (SSSR count). The first kappa shape index (κ1) is 13.5. The van der Waals surface area contributed by atoms with Crippen molar-refractivity contribution in [1.82, 2.24) is 5.32 Å². The summed E-state index contributed by atoms with van der Waals surface area (Å²) in [5.41, 5.74) is 0.0424. The molecule has 0 spiro atoms. The van der Waals surface area contributed by atoms with Crippen molar-refractivity contribution in [3.05, 3.63) is 0 Å². The summed E-state index contributed by atoms with van der Waals surface area (Å²) in [4.78, 5) is 11.8. The number of carbonyl (C=O) groups excluding carboxylic acids is 1. The molecule has 0 aromatic carbocycles. The second-order valence-corrected chi connectivity index (χ2v) is 5.63. The number of hydrogen-bond acceptors (Lipinski definition) is 1. The number of hydrogen-bond donors (Lipinski definition) is 1. The van der Waals surface area contributed by atoms with Gasteiger partial charge in [0.25, 0.3) is 0 Å². The van der Waals surface area contributed by atoms with Crippen molar-refractivity contribution in [3.63, 3.8) is 0 Å². The second-order valence-electron chi connectivity index (χ2n) is 5.63. The molecule has 1 amide bonds. The van der Waals surface area contributed by atoms with Gasteiger partial charge < -0.3 is 5.32 Å². The van der Waals surface area contributed by atoms with E-state index in [0.29, 0.717) is 5.92 Å². The Morgan fingerprint density at radius 1 is 1.07 bits per heavy atom. The summed E-state index contributed by atoms with van der Waals surface area (Å²) in [6, 6.07) is 0.257. The summed E-state index contributed by atoms with van der Waals surface area (Å²) in [7, 11) is 0. The maximum absolute atomic E-state index is 11.8. The molecule has 0 saturated heterocycles. The van der Waals surface area contributed by atoms with Gasteiger partial charge in [-0.05, 0) is 18.3 Å². The smallest absolute Gasteiger partial charge is 0.223 e. The maximum atomic E-state index is 11.8. The first-order chi connectivity index (χ1) is 6.16. The minimum atomic E-state index is 0.0424. The molecule has 0 aliphatic heterocycles. The van der Waals surface area contributed by atoms with Crippen LogP contribution in [-0.4, -0.2) is 11.9 Å². The third-order valence-electron chi connectivity index (χ3n) is 3.06. The maximum Gasteiger partial charge on any atom is 0.223 e. The Balaban J connectivity index is 4.23. The van der Waals surface area contributed by atoms with Crippen LogP contribution >= 0.6 is 0 Å². The Morgan fingerprint density at radius 3 is 1.79 bits per heavy atom. The van der Waals surface area contributed by atoms with Crippen LogP contribution in [0.3, 0.4) is 0 Å². The predicted octanol–water partition coefficient (Wildman–Crippen LogP) is 2.83. The van der Waals surface area contributed by atoms with E-state index in [2.05, 4.69) is 46.9 Å². The summed E-state index contributed by atoms with van der Waals surface area (Å²) in [6.45, 7) is 14.6. The number of carbonyl (C=O) groups is 1. The normalized spacial score (nSPS) is 16.6. The van der Waals surface area contributed by atoms with Crippen LogP contribution < -0.4 is 5.32 Å². The lowest BCUT2D eigenvalue weighted by molar-refractivity contribution is -0.128. The molecule has 0 heterocycles. The number of rotatable bonds is 3. The molecule has 0 aromatic rings. The Hall–Kier alpha value is -0.530. The van der Waals surface area contributed by atoms with Crippen LogP contribution in [0.25, 0.3) is 0 Å². The Bertz CT molecular complexity index is 191. The van der Waals surface area contributed by atoms with E-state index in [-0.39, 0.29) is 23.3 Å². The van der Waals surface area contributed by atoms with Gasteiger partial charge in [0, 0.05) is 12.0 Å². The van der Waals surface area contributed by atoms with Crippen molar-refractivity contribution in [2.45, 2.75) is 54.5 Å². The van der Waals surface area contributed by atoms with Crippen LogP contribution in [0.2, 0.25) is 0 Å². The standard InChI is InChI=1S/C12H25NO/c1-8(2)10(4)13-11(14)9(3)12(5,6)7/h8-10H,1-7H3,(H,13,14)/t9?,10-/m1/s1. The van der Waals surface area contributed by atoms with Crippen molar-refractivity contribution in [2.24, 2.45) is 17.3 Å². The van der Waals surface area contributed by atoms with Crippen LogP contribution in [0.1, 0.15) is 48.5 Å². The molecule has 0 saturated carbocycles. The second kappa shape index (κ2) is 4.81. The van der Waals surface area contributed by atoms with Gasteiger partial charge in [0.05, 0.1) is 0 Å². The first-order valence-electron chi connectivity index (χ1n) is 5.46. The zero-order valence-electron chi connectivity index (χ0n) is 10.6. The molecule has 1 N–H and O–H groups in total. The van der Waals surface area contributed by atoms with Crippen molar-refractivity contribution in [1.29, 1.82) is 0 Å². The molecule has 1 unspecified atom stereocenters. The Labute approximate surface area is 88.5 Å². The summed E-state index contributed by atoms with van der Waals surface area (Å²) >= 11 is 0. The quantitative estimate of drug-likeness (QED) is 0.744. The van der Waals surface area contributed by atoms with E-state index in [1.54, 1.807) is 0 Å². The molecule has 0 aromatic heterocycles. The van der Waals surface area contributed by atoms with Crippen LogP contribution in [0.15, 0.2) is 0 Å². The molecular weight excluding hydrogens is 174 g/mol. The first-order valence-corrected chi connectivity index (χ1v) is 5.46. The van der Waals surface area contributed by atoms with Crippen molar-refractivity contribution in [3.8, 4) is 0 Å². The highest BCUT2D eigenvalue weighted by Crippen LogP contribution is 2.25. The van der Waals surface area contributed by atoms with Gasteiger partial charge in [0.1, 0.15) is 0 Å². The molecule has 0 bridgehead atoms. The summed E-state index contributed by atoms with van der Waals surface area (Å²) in [5, 5.41) is 3.05. The zero-order chi connectivity index (χ0) is 11.5. The Morgan fingerprint density at radius 2 is 1.50 bits per heavy atom. The van der Waals surface area contributed by atoms with Crippen molar-refractivity contribution < 1.29 is 4.79 Å².